The highest BCUT2D eigenvalue weighted by molar-refractivity contribution is 14.0. The molecule has 1 atom stereocenters. The van der Waals surface area contributed by atoms with Gasteiger partial charge in [-0.1, -0.05) is 18.1 Å². The van der Waals surface area contributed by atoms with Gasteiger partial charge in [-0.25, -0.2) is 9.38 Å². The molecule has 0 fully saturated rings. The number of nitrogens with zero attached hydrogens (tertiary/aromatic N) is 3. The number of aliphatic imine (C=N–C) groups is 1. The van der Waals surface area contributed by atoms with Crippen molar-refractivity contribution in [3.05, 3.63) is 41.8 Å². The van der Waals surface area contributed by atoms with Gasteiger partial charge >= 0.3 is 0 Å². The van der Waals surface area contributed by atoms with Gasteiger partial charge in [-0.3, -0.25) is 0 Å². The number of hydrogen-bond acceptors (Lipinski definition) is 5. The van der Waals surface area contributed by atoms with E-state index in [1.807, 2.05) is 13.8 Å². The Bertz CT molecular complexity index is 695. The lowest BCUT2D eigenvalue weighted by Crippen LogP contribution is -2.42. The molecule has 0 amide bonds. The summed E-state index contributed by atoms with van der Waals surface area (Å²) in [5.41, 5.74) is 0. The molecule has 26 heavy (non-hydrogen) atoms. The Balaban J connectivity index is 0.00000338. The van der Waals surface area contributed by atoms with Crippen molar-refractivity contribution in [1.29, 1.82) is 0 Å². The normalized spacial score (nSPS) is 12.2. The number of benzene rings is 1. The first-order valence-corrected chi connectivity index (χ1v) is 8.34. The maximum atomic E-state index is 13.3. The zero-order chi connectivity index (χ0) is 18.1. The summed E-state index contributed by atoms with van der Waals surface area (Å²) in [7, 11) is 0. The van der Waals surface area contributed by atoms with E-state index in [0.717, 1.165) is 13.0 Å². The van der Waals surface area contributed by atoms with Crippen LogP contribution < -0.4 is 15.4 Å². The number of halogens is 2. The molecular weight excluding hydrogens is 452 g/mol. The largest absolute Gasteiger partial charge is 0.489 e. The molecule has 1 aromatic carbocycles. The van der Waals surface area contributed by atoms with E-state index >= 15 is 0 Å². The van der Waals surface area contributed by atoms with Crippen molar-refractivity contribution in [3.8, 4) is 5.75 Å². The van der Waals surface area contributed by atoms with Crippen molar-refractivity contribution in [2.75, 3.05) is 13.1 Å². The van der Waals surface area contributed by atoms with Crippen LogP contribution in [0, 0.1) is 12.7 Å². The lowest BCUT2D eigenvalue weighted by molar-refractivity contribution is 0.198. The molecule has 2 N–H and O–H groups in total. The zero-order valence-electron chi connectivity index (χ0n) is 15.2. The summed E-state index contributed by atoms with van der Waals surface area (Å²) in [6.07, 6.45) is 0.658. The lowest BCUT2D eigenvalue weighted by Gasteiger charge is -2.20. The lowest BCUT2D eigenvalue weighted by atomic mass is 10.2. The third kappa shape index (κ3) is 7.54. The number of rotatable bonds is 8. The highest BCUT2D eigenvalue weighted by Crippen LogP contribution is 2.14. The van der Waals surface area contributed by atoms with Gasteiger partial charge in [0, 0.05) is 19.5 Å². The molecular formula is C17H25FIN5O2. The molecule has 9 heteroatoms. The van der Waals surface area contributed by atoms with Crippen molar-refractivity contribution in [1.82, 2.24) is 20.8 Å². The summed E-state index contributed by atoms with van der Waals surface area (Å²) in [5, 5.41) is 10.2. The predicted molar refractivity (Wildman–Crippen MR) is 108 cm³/mol. The van der Waals surface area contributed by atoms with Crippen molar-refractivity contribution in [3.63, 3.8) is 0 Å². The van der Waals surface area contributed by atoms with Gasteiger partial charge in [0.1, 0.15) is 24.2 Å². The van der Waals surface area contributed by atoms with E-state index in [1.54, 1.807) is 19.1 Å². The van der Waals surface area contributed by atoms with Crippen LogP contribution in [0.3, 0.4) is 0 Å². The average molecular weight is 477 g/mol. The fourth-order valence-electron chi connectivity index (χ4n) is 2.11. The second-order valence-corrected chi connectivity index (χ2v) is 5.41. The van der Waals surface area contributed by atoms with Crippen LogP contribution in [0.1, 0.15) is 32.0 Å². The Labute approximate surface area is 169 Å². The fourth-order valence-corrected chi connectivity index (χ4v) is 2.11. The van der Waals surface area contributed by atoms with E-state index in [0.29, 0.717) is 36.5 Å². The smallest absolute Gasteiger partial charge is 0.223 e. The molecule has 1 unspecified atom stereocenters. The van der Waals surface area contributed by atoms with Gasteiger partial charge in [0.05, 0.1) is 6.54 Å². The first-order valence-electron chi connectivity index (χ1n) is 8.34. The molecule has 0 saturated heterocycles. The number of aryl methyl sites for hydroxylation is 1. The van der Waals surface area contributed by atoms with Gasteiger partial charge in [0.2, 0.25) is 5.89 Å². The average Bonchev–Trinajstić information content (AvgIpc) is 3.01. The quantitative estimate of drug-likeness (QED) is 0.346. The Kier molecular flexibility index (Phi) is 9.92. The molecule has 0 spiro atoms. The molecule has 2 rings (SSSR count). The van der Waals surface area contributed by atoms with Crippen LogP contribution in [0.2, 0.25) is 0 Å². The second kappa shape index (κ2) is 11.7. The second-order valence-electron chi connectivity index (χ2n) is 5.41. The van der Waals surface area contributed by atoms with Gasteiger partial charge in [0.15, 0.2) is 11.8 Å². The van der Waals surface area contributed by atoms with E-state index in [2.05, 4.69) is 25.8 Å². The molecule has 7 nitrogen and oxygen atoms in total. The predicted octanol–water partition coefficient (Wildman–Crippen LogP) is 3.05. The molecule has 1 heterocycles. The summed E-state index contributed by atoms with van der Waals surface area (Å²) in [6.45, 7) is 7.30. The van der Waals surface area contributed by atoms with E-state index in [4.69, 9.17) is 9.26 Å². The maximum Gasteiger partial charge on any atom is 0.223 e. The standard InChI is InChI=1S/C17H24FN5O2.HI/c1-4-14(24-15-8-6-7-13(18)9-15)10-20-17(19-5-2)21-11-16-22-12(3)25-23-16;/h6-9,14H,4-5,10-11H2,1-3H3,(H2,19,20,21);1H. The molecule has 0 saturated carbocycles. The third-order valence-corrected chi connectivity index (χ3v) is 3.34. The maximum absolute atomic E-state index is 13.3. The van der Waals surface area contributed by atoms with Gasteiger partial charge in [-0.15, -0.1) is 24.0 Å². The summed E-state index contributed by atoms with van der Waals surface area (Å²) in [5.74, 6) is 1.87. The van der Waals surface area contributed by atoms with Gasteiger partial charge in [0.25, 0.3) is 0 Å². The Morgan fingerprint density at radius 3 is 2.77 bits per heavy atom. The van der Waals surface area contributed by atoms with Crippen molar-refractivity contribution >= 4 is 29.9 Å². The monoisotopic (exact) mass is 477 g/mol. The summed E-state index contributed by atoms with van der Waals surface area (Å²) >= 11 is 0. The number of hydrogen-bond donors (Lipinski definition) is 2. The van der Waals surface area contributed by atoms with Crippen molar-refractivity contribution in [2.45, 2.75) is 39.8 Å². The number of aromatic nitrogens is 2. The molecule has 0 bridgehead atoms. The Morgan fingerprint density at radius 1 is 1.35 bits per heavy atom. The van der Waals surface area contributed by atoms with Crippen LogP contribution in [0.15, 0.2) is 33.8 Å². The molecule has 0 aliphatic heterocycles. The minimum absolute atomic E-state index is 0. The van der Waals surface area contributed by atoms with E-state index in [9.17, 15) is 4.39 Å². The third-order valence-electron chi connectivity index (χ3n) is 3.34. The molecule has 0 radical (unpaired) electrons. The van der Waals surface area contributed by atoms with Gasteiger partial charge < -0.3 is 19.9 Å². The summed E-state index contributed by atoms with van der Waals surface area (Å²) < 4.78 is 24.0. The van der Waals surface area contributed by atoms with Crippen LogP contribution in [-0.4, -0.2) is 35.3 Å². The minimum atomic E-state index is -0.314. The van der Waals surface area contributed by atoms with Crippen LogP contribution in [0.5, 0.6) is 5.75 Å². The van der Waals surface area contributed by atoms with Crippen LogP contribution in [0.25, 0.3) is 0 Å². The molecule has 0 aliphatic rings. The topological polar surface area (TPSA) is 84.6 Å². The zero-order valence-corrected chi connectivity index (χ0v) is 17.5. The highest BCUT2D eigenvalue weighted by atomic mass is 127. The van der Waals surface area contributed by atoms with Crippen LogP contribution in [0.4, 0.5) is 4.39 Å². The van der Waals surface area contributed by atoms with E-state index in [-0.39, 0.29) is 35.9 Å². The van der Waals surface area contributed by atoms with Gasteiger partial charge in [-0.2, -0.15) is 4.98 Å². The fraction of sp³-hybridized carbons (Fsp3) is 0.471. The number of guanidine groups is 1. The van der Waals surface area contributed by atoms with E-state index < -0.39 is 0 Å². The SMILES string of the molecule is CCNC(=NCc1noc(C)n1)NCC(CC)Oc1cccc(F)c1.I. The molecule has 2 aromatic rings. The number of ether oxygens (including phenoxy) is 1. The van der Waals surface area contributed by atoms with Crippen LogP contribution >= 0.6 is 24.0 Å². The first kappa shape index (κ1) is 22.1. The molecule has 0 aliphatic carbocycles. The Hall–Kier alpha value is -1.91. The Morgan fingerprint density at radius 2 is 2.15 bits per heavy atom. The minimum Gasteiger partial charge on any atom is -0.489 e. The molecule has 144 valence electrons. The molecule has 1 aromatic heterocycles. The number of nitrogens with one attached hydrogen (secondary N) is 2. The van der Waals surface area contributed by atoms with E-state index in [1.165, 1.54) is 12.1 Å². The first-order chi connectivity index (χ1) is 12.1. The van der Waals surface area contributed by atoms with Crippen LogP contribution in [-0.2, 0) is 6.54 Å². The summed E-state index contributed by atoms with van der Waals surface area (Å²) in [4.78, 5) is 8.54. The highest BCUT2D eigenvalue weighted by Gasteiger charge is 2.10. The van der Waals surface area contributed by atoms with Crippen molar-refractivity contribution < 1.29 is 13.7 Å². The van der Waals surface area contributed by atoms with Crippen molar-refractivity contribution in [2.24, 2.45) is 4.99 Å². The summed E-state index contributed by atoms with van der Waals surface area (Å²) in [6, 6.07) is 6.13. The van der Waals surface area contributed by atoms with Gasteiger partial charge in [-0.05, 0) is 25.5 Å².